The second-order valence-electron chi connectivity index (χ2n) is 8.02. The normalized spacial score (nSPS) is 17.2. The number of nitrogens with zero attached hydrogens (tertiary/aromatic N) is 1. The third-order valence-corrected chi connectivity index (χ3v) is 5.94. The molecule has 32 heavy (non-hydrogen) atoms. The molecule has 0 spiro atoms. The Morgan fingerprint density at radius 2 is 1.56 bits per heavy atom. The van der Waals surface area contributed by atoms with E-state index in [1.165, 1.54) is 12.1 Å². The summed E-state index contributed by atoms with van der Waals surface area (Å²) in [5.41, 5.74) is 1.80. The molecule has 1 N–H and O–H groups in total. The van der Waals surface area contributed by atoms with Crippen molar-refractivity contribution in [3.8, 4) is 0 Å². The van der Waals surface area contributed by atoms with Crippen LogP contribution in [-0.4, -0.2) is 23.9 Å². The van der Waals surface area contributed by atoms with Gasteiger partial charge in [0.1, 0.15) is 0 Å². The highest BCUT2D eigenvalue weighted by molar-refractivity contribution is 5.85. The summed E-state index contributed by atoms with van der Waals surface area (Å²) in [5, 5.41) is 3.28. The first-order valence-corrected chi connectivity index (χ1v) is 10.7. The van der Waals surface area contributed by atoms with Gasteiger partial charge in [0.2, 0.25) is 5.91 Å². The quantitative estimate of drug-likeness (QED) is 0.492. The predicted molar refractivity (Wildman–Crippen MR) is 119 cm³/mol. The Balaban J connectivity index is 1.61. The summed E-state index contributed by atoms with van der Waals surface area (Å²) in [7, 11) is 0. The minimum absolute atomic E-state index is 0.0163. The van der Waals surface area contributed by atoms with Crippen LogP contribution in [0.15, 0.2) is 84.9 Å². The van der Waals surface area contributed by atoms with E-state index in [-0.39, 0.29) is 11.9 Å². The number of likely N-dealkylation sites (tertiary alicyclic amines) is 1. The van der Waals surface area contributed by atoms with Gasteiger partial charge in [-0.25, -0.2) is 0 Å². The first kappa shape index (κ1) is 21.9. The van der Waals surface area contributed by atoms with Crippen molar-refractivity contribution in [3.63, 3.8) is 0 Å². The molecule has 2 unspecified atom stereocenters. The van der Waals surface area contributed by atoms with E-state index in [2.05, 4.69) is 5.32 Å². The molecule has 3 aromatic carbocycles. The molecule has 0 radical (unpaired) electrons. The lowest BCUT2D eigenvalue weighted by atomic mass is 9.95. The molecule has 1 aliphatic heterocycles. The number of halogens is 3. The topological polar surface area (TPSA) is 32.3 Å². The molecule has 0 aliphatic carbocycles. The minimum Gasteiger partial charge on any atom is -0.384 e. The Kier molecular flexibility index (Phi) is 6.49. The van der Waals surface area contributed by atoms with E-state index in [4.69, 9.17) is 0 Å². The number of hydrogen-bond acceptors (Lipinski definition) is 2. The van der Waals surface area contributed by atoms with Gasteiger partial charge in [0.05, 0.1) is 17.5 Å². The maximum Gasteiger partial charge on any atom is 0.416 e. The van der Waals surface area contributed by atoms with E-state index in [9.17, 15) is 18.0 Å². The second kappa shape index (κ2) is 9.47. The maximum absolute atomic E-state index is 13.7. The third-order valence-electron chi connectivity index (χ3n) is 5.94. The Hall–Kier alpha value is -3.28. The van der Waals surface area contributed by atoms with Crippen molar-refractivity contribution in [2.75, 3.05) is 18.4 Å². The van der Waals surface area contributed by atoms with Gasteiger partial charge in [0, 0.05) is 18.8 Å². The molecule has 166 valence electrons. The summed E-state index contributed by atoms with van der Waals surface area (Å²) in [6.45, 7) is 0.938. The number of nitrogens with one attached hydrogen (secondary N) is 1. The number of rotatable bonds is 6. The van der Waals surface area contributed by atoms with Crippen molar-refractivity contribution in [1.29, 1.82) is 0 Å². The molecule has 1 saturated heterocycles. The van der Waals surface area contributed by atoms with Crippen LogP contribution in [0, 0.1) is 0 Å². The summed E-state index contributed by atoms with van der Waals surface area (Å²) in [4.78, 5) is 15.6. The Morgan fingerprint density at radius 3 is 2.19 bits per heavy atom. The van der Waals surface area contributed by atoms with Crippen molar-refractivity contribution in [2.24, 2.45) is 0 Å². The van der Waals surface area contributed by atoms with Gasteiger partial charge in [-0.15, -0.1) is 0 Å². The maximum atomic E-state index is 13.7. The SMILES string of the molecule is O=C(C(CNc1ccccc1)c1ccc(C(F)(F)F)cc1)N1CCCC1c1ccccc1. The number of alkyl halides is 3. The summed E-state index contributed by atoms with van der Waals surface area (Å²) in [6, 6.07) is 24.3. The van der Waals surface area contributed by atoms with Crippen molar-refractivity contribution < 1.29 is 18.0 Å². The second-order valence-corrected chi connectivity index (χ2v) is 8.02. The lowest BCUT2D eigenvalue weighted by Gasteiger charge is -2.30. The van der Waals surface area contributed by atoms with Gasteiger partial charge >= 0.3 is 6.18 Å². The third kappa shape index (κ3) is 4.96. The zero-order valence-corrected chi connectivity index (χ0v) is 17.6. The molecule has 0 aromatic heterocycles. The molecule has 0 saturated carbocycles. The largest absolute Gasteiger partial charge is 0.416 e. The highest BCUT2D eigenvalue weighted by Gasteiger charge is 2.35. The average molecular weight is 438 g/mol. The van der Waals surface area contributed by atoms with Gasteiger partial charge in [-0.1, -0.05) is 60.7 Å². The van der Waals surface area contributed by atoms with Gasteiger partial charge in [-0.2, -0.15) is 13.2 Å². The lowest BCUT2D eigenvalue weighted by molar-refractivity contribution is -0.137. The fourth-order valence-electron chi connectivity index (χ4n) is 4.28. The van der Waals surface area contributed by atoms with E-state index in [0.29, 0.717) is 18.7 Å². The van der Waals surface area contributed by atoms with E-state index in [0.717, 1.165) is 36.2 Å². The number of benzene rings is 3. The fourth-order valence-corrected chi connectivity index (χ4v) is 4.28. The molecule has 3 aromatic rings. The van der Waals surface area contributed by atoms with Gasteiger partial charge in [0.15, 0.2) is 0 Å². The molecule has 6 heteroatoms. The molecular weight excluding hydrogens is 413 g/mol. The summed E-state index contributed by atoms with van der Waals surface area (Å²) >= 11 is 0. The molecule has 1 heterocycles. The zero-order valence-electron chi connectivity index (χ0n) is 17.6. The number of para-hydroxylation sites is 1. The van der Waals surface area contributed by atoms with E-state index in [1.54, 1.807) is 0 Å². The monoisotopic (exact) mass is 438 g/mol. The van der Waals surface area contributed by atoms with Crippen molar-refractivity contribution >= 4 is 11.6 Å². The van der Waals surface area contributed by atoms with Crippen LogP contribution in [0.2, 0.25) is 0 Å². The molecule has 4 rings (SSSR count). The number of anilines is 1. The van der Waals surface area contributed by atoms with Crippen molar-refractivity contribution in [3.05, 3.63) is 102 Å². The van der Waals surface area contributed by atoms with Crippen LogP contribution in [0.5, 0.6) is 0 Å². The van der Waals surface area contributed by atoms with E-state index < -0.39 is 17.7 Å². The molecule has 1 fully saturated rings. The average Bonchev–Trinajstić information content (AvgIpc) is 3.30. The van der Waals surface area contributed by atoms with Crippen LogP contribution in [0.3, 0.4) is 0 Å². The lowest BCUT2D eigenvalue weighted by Crippen LogP contribution is -2.37. The van der Waals surface area contributed by atoms with Crippen LogP contribution >= 0.6 is 0 Å². The first-order valence-electron chi connectivity index (χ1n) is 10.7. The molecule has 3 nitrogen and oxygen atoms in total. The highest BCUT2D eigenvalue weighted by atomic mass is 19.4. The molecule has 1 aliphatic rings. The molecule has 2 atom stereocenters. The predicted octanol–water partition coefficient (Wildman–Crippen LogP) is 6.26. The zero-order chi connectivity index (χ0) is 22.6. The van der Waals surface area contributed by atoms with Crippen LogP contribution in [-0.2, 0) is 11.0 Å². The minimum atomic E-state index is -4.41. The van der Waals surface area contributed by atoms with Crippen LogP contribution in [0.1, 0.15) is 41.5 Å². The smallest absolute Gasteiger partial charge is 0.384 e. The van der Waals surface area contributed by atoms with Gasteiger partial charge in [-0.05, 0) is 48.2 Å². The van der Waals surface area contributed by atoms with Crippen LogP contribution < -0.4 is 5.32 Å². The molecule has 0 bridgehead atoms. The highest BCUT2D eigenvalue weighted by Crippen LogP contribution is 2.36. The first-order chi connectivity index (χ1) is 15.4. The Morgan fingerprint density at radius 1 is 0.938 bits per heavy atom. The number of carbonyl (C=O) groups is 1. The van der Waals surface area contributed by atoms with E-state index in [1.807, 2.05) is 65.6 Å². The van der Waals surface area contributed by atoms with Crippen LogP contribution in [0.25, 0.3) is 0 Å². The van der Waals surface area contributed by atoms with Gasteiger partial charge in [0.25, 0.3) is 0 Å². The van der Waals surface area contributed by atoms with Crippen molar-refractivity contribution in [2.45, 2.75) is 31.0 Å². The Labute approximate surface area is 185 Å². The Bertz CT molecular complexity index is 1020. The standard InChI is InChI=1S/C26H25F3N2O/c27-26(28,29)21-15-13-19(14-16-21)23(18-30-22-10-5-2-6-11-22)25(32)31-17-7-12-24(31)20-8-3-1-4-9-20/h1-6,8-11,13-16,23-24,30H,7,12,17-18H2. The van der Waals surface area contributed by atoms with Gasteiger partial charge in [-0.3, -0.25) is 4.79 Å². The van der Waals surface area contributed by atoms with Crippen molar-refractivity contribution in [1.82, 2.24) is 4.90 Å². The summed E-state index contributed by atoms with van der Waals surface area (Å²) < 4.78 is 39.1. The van der Waals surface area contributed by atoms with Gasteiger partial charge < -0.3 is 10.2 Å². The summed E-state index contributed by atoms with van der Waals surface area (Å²) in [6.07, 6.45) is -2.63. The molecular formula is C26H25F3N2O. The molecule has 1 amide bonds. The van der Waals surface area contributed by atoms with E-state index >= 15 is 0 Å². The fraction of sp³-hybridized carbons (Fsp3) is 0.269. The van der Waals surface area contributed by atoms with Crippen LogP contribution in [0.4, 0.5) is 18.9 Å². The number of amides is 1. The summed E-state index contributed by atoms with van der Waals surface area (Å²) in [5.74, 6) is -0.665. The number of carbonyl (C=O) groups excluding carboxylic acids is 1. The number of hydrogen-bond donors (Lipinski definition) is 1.